The molecule has 29 heavy (non-hydrogen) atoms. The average molecular weight is 413 g/mol. The van der Waals surface area contributed by atoms with Crippen molar-refractivity contribution in [2.45, 2.75) is 142 Å². The van der Waals surface area contributed by atoms with Gasteiger partial charge in [0, 0.05) is 13.0 Å². The summed E-state index contributed by atoms with van der Waals surface area (Å²) in [7, 11) is 0. The average Bonchev–Trinajstić information content (AvgIpc) is 2.70. The molecular weight excluding hydrogens is 360 g/mol. The van der Waals surface area contributed by atoms with Crippen molar-refractivity contribution in [3.8, 4) is 0 Å². The van der Waals surface area contributed by atoms with Crippen LogP contribution >= 0.6 is 0 Å². The highest BCUT2D eigenvalue weighted by Gasteiger charge is 2.17. The molecule has 0 aromatic heterocycles. The number of carbonyl (C=O) groups is 1. The van der Waals surface area contributed by atoms with E-state index in [-0.39, 0.29) is 0 Å². The van der Waals surface area contributed by atoms with Crippen LogP contribution < -0.4 is 0 Å². The summed E-state index contributed by atoms with van der Waals surface area (Å²) >= 11 is 0. The van der Waals surface area contributed by atoms with Crippen molar-refractivity contribution in [2.24, 2.45) is 11.8 Å². The number of aliphatic hydroxyl groups is 1. The Kier molecular flexibility index (Phi) is 21.7. The summed E-state index contributed by atoms with van der Waals surface area (Å²) in [6.45, 7) is 5.01. The number of carboxylic acids is 1. The second-order valence-electron chi connectivity index (χ2n) is 9.27. The van der Waals surface area contributed by atoms with Crippen LogP contribution in [-0.2, 0) is 4.79 Å². The molecule has 0 saturated heterocycles. The minimum absolute atomic E-state index is 0.332. The summed E-state index contributed by atoms with van der Waals surface area (Å²) in [5.74, 6) is 0.814. The molecule has 0 saturated carbocycles. The van der Waals surface area contributed by atoms with Crippen LogP contribution in [0.15, 0.2) is 0 Å². The largest absolute Gasteiger partial charge is 0.481 e. The molecule has 0 fully saturated rings. The molecule has 0 heterocycles. The molecule has 0 bridgehead atoms. The lowest BCUT2D eigenvalue weighted by atomic mass is 9.82. The van der Waals surface area contributed by atoms with Gasteiger partial charge in [0.1, 0.15) is 0 Å². The van der Waals surface area contributed by atoms with Crippen LogP contribution in [0.5, 0.6) is 0 Å². The Balaban J connectivity index is 3.81. The van der Waals surface area contributed by atoms with Gasteiger partial charge in [-0.3, -0.25) is 4.79 Å². The second kappa shape index (κ2) is 22.1. The van der Waals surface area contributed by atoms with Crippen molar-refractivity contribution in [1.29, 1.82) is 0 Å². The van der Waals surface area contributed by atoms with E-state index in [2.05, 4.69) is 13.8 Å². The van der Waals surface area contributed by atoms with Crippen molar-refractivity contribution in [2.75, 3.05) is 6.61 Å². The second-order valence-corrected chi connectivity index (χ2v) is 9.27. The van der Waals surface area contributed by atoms with Crippen LogP contribution in [0.2, 0.25) is 0 Å². The third-order valence-electron chi connectivity index (χ3n) is 6.52. The van der Waals surface area contributed by atoms with E-state index in [0.717, 1.165) is 31.1 Å². The summed E-state index contributed by atoms with van der Waals surface area (Å²) in [4.78, 5) is 10.9. The van der Waals surface area contributed by atoms with Crippen LogP contribution in [0.3, 0.4) is 0 Å². The predicted octanol–water partition coefficient (Wildman–Crippen LogP) is 8.14. The summed E-state index contributed by atoms with van der Waals surface area (Å²) < 4.78 is 0. The van der Waals surface area contributed by atoms with E-state index in [9.17, 15) is 4.79 Å². The number of rotatable bonds is 23. The first-order valence-electron chi connectivity index (χ1n) is 12.9. The maximum atomic E-state index is 10.9. The van der Waals surface area contributed by atoms with E-state index in [1.165, 1.54) is 103 Å². The molecule has 0 aromatic carbocycles. The topological polar surface area (TPSA) is 57.5 Å². The van der Waals surface area contributed by atoms with Gasteiger partial charge in [-0.25, -0.2) is 0 Å². The van der Waals surface area contributed by atoms with Crippen LogP contribution in [0.25, 0.3) is 0 Å². The fourth-order valence-corrected chi connectivity index (χ4v) is 4.47. The molecule has 2 unspecified atom stereocenters. The van der Waals surface area contributed by atoms with Crippen LogP contribution in [0, 0.1) is 11.8 Å². The number of unbranched alkanes of at least 4 members (excludes halogenated alkanes) is 13. The standard InChI is InChI=1S/C26H52O3/c1-3-4-5-15-19-24(2)25(21-18-22-26(28)29)20-16-13-11-9-7-6-8-10-12-14-17-23-27/h24-25,27H,3-23H2,1-2H3,(H,28,29). The molecule has 2 N–H and O–H groups in total. The van der Waals surface area contributed by atoms with E-state index in [1.807, 2.05) is 0 Å². The molecule has 0 aliphatic rings. The van der Waals surface area contributed by atoms with E-state index < -0.39 is 5.97 Å². The molecule has 0 spiro atoms. The lowest BCUT2D eigenvalue weighted by Gasteiger charge is -2.24. The van der Waals surface area contributed by atoms with Gasteiger partial charge in [0.05, 0.1) is 0 Å². The summed E-state index contributed by atoms with van der Waals surface area (Å²) in [5.41, 5.74) is 0. The molecule has 0 amide bonds. The van der Waals surface area contributed by atoms with Crippen molar-refractivity contribution in [3.63, 3.8) is 0 Å². The van der Waals surface area contributed by atoms with Crippen molar-refractivity contribution in [3.05, 3.63) is 0 Å². The molecular formula is C26H52O3. The van der Waals surface area contributed by atoms with Crippen LogP contribution in [0.4, 0.5) is 0 Å². The molecule has 0 aromatic rings. The summed E-state index contributed by atoms with van der Waals surface area (Å²) in [6, 6.07) is 0. The van der Waals surface area contributed by atoms with Crippen LogP contribution in [0.1, 0.15) is 142 Å². The van der Waals surface area contributed by atoms with Crippen molar-refractivity contribution in [1.82, 2.24) is 0 Å². The molecule has 0 radical (unpaired) electrons. The number of hydrogen-bond acceptors (Lipinski definition) is 2. The van der Waals surface area contributed by atoms with E-state index in [1.54, 1.807) is 0 Å². The van der Waals surface area contributed by atoms with E-state index in [0.29, 0.717) is 13.0 Å². The molecule has 3 heteroatoms. The third kappa shape index (κ3) is 20.5. The fourth-order valence-electron chi connectivity index (χ4n) is 4.47. The SMILES string of the molecule is CCCCCCC(C)C(CCCCCCCCCCCCCO)CCCC(=O)O. The van der Waals surface area contributed by atoms with Crippen molar-refractivity contribution >= 4 is 5.97 Å². The Morgan fingerprint density at radius 2 is 1.10 bits per heavy atom. The normalized spacial score (nSPS) is 13.5. The number of carboxylic acid groups (broad SMARTS) is 1. The first-order valence-corrected chi connectivity index (χ1v) is 12.9. The van der Waals surface area contributed by atoms with Gasteiger partial charge in [-0.1, -0.05) is 117 Å². The first-order chi connectivity index (χ1) is 14.1. The molecule has 0 rings (SSSR count). The van der Waals surface area contributed by atoms with Crippen LogP contribution in [-0.4, -0.2) is 22.8 Å². The monoisotopic (exact) mass is 412 g/mol. The number of aliphatic hydroxyl groups excluding tert-OH is 1. The zero-order valence-electron chi connectivity index (χ0n) is 19.8. The van der Waals surface area contributed by atoms with Gasteiger partial charge < -0.3 is 10.2 Å². The minimum atomic E-state index is -0.646. The van der Waals surface area contributed by atoms with E-state index >= 15 is 0 Å². The van der Waals surface area contributed by atoms with Gasteiger partial charge in [-0.05, 0) is 31.1 Å². The zero-order valence-corrected chi connectivity index (χ0v) is 19.8. The molecule has 3 nitrogen and oxygen atoms in total. The van der Waals surface area contributed by atoms with Gasteiger partial charge >= 0.3 is 5.97 Å². The van der Waals surface area contributed by atoms with E-state index in [4.69, 9.17) is 10.2 Å². The highest BCUT2D eigenvalue weighted by Crippen LogP contribution is 2.29. The van der Waals surface area contributed by atoms with Gasteiger partial charge in [0.15, 0.2) is 0 Å². The highest BCUT2D eigenvalue weighted by atomic mass is 16.4. The van der Waals surface area contributed by atoms with Gasteiger partial charge in [0.25, 0.3) is 0 Å². The Labute approximate surface area is 182 Å². The Hall–Kier alpha value is -0.570. The smallest absolute Gasteiger partial charge is 0.303 e. The zero-order chi connectivity index (χ0) is 21.6. The lowest BCUT2D eigenvalue weighted by Crippen LogP contribution is -2.13. The quantitative estimate of drug-likeness (QED) is 0.166. The fraction of sp³-hybridized carbons (Fsp3) is 0.962. The van der Waals surface area contributed by atoms with Gasteiger partial charge in [0.2, 0.25) is 0 Å². The maximum Gasteiger partial charge on any atom is 0.303 e. The summed E-state index contributed by atoms with van der Waals surface area (Å²) in [5, 5.41) is 17.7. The molecule has 0 aliphatic heterocycles. The summed E-state index contributed by atoms with van der Waals surface area (Å²) in [6.07, 6.45) is 24.4. The predicted molar refractivity (Wildman–Crippen MR) is 125 cm³/mol. The lowest BCUT2D eigenvalue weighted by molar-refractivity contribution is -0.137. The first kappa shape index (κ1) is 28.4. The van der Waals surface area contributed by atoms with Gasteiger partial charge in [-0.15, -0.1) is 0 Å². The molecule has 2 atom stereocenters. The third-order valence-corrected chi connectivity index (χ3v) is 6.52. The maximum absolute atomic E-state index is 10.9. The number of aliphatic carboxylic acids is 1. The Morgan fingerprint density at radius 1 is 0.655 bits per heavy atom. The Morgan fingerprint density at radius 3 is 1.62 bits per heavy atom. The number of hydrogen-bond donors (Lipinski definition) is 2. The molecule has 174 valence electrons. The minimum Gasteiger partial charge on any atom is -0.481 e. The Bertz CT molecular complexity index is 343. The molecule has 0 aliphatic carbocycles. The van der Waals surface area contributed by atoms with Crippen molar-refractivity contribution < 1.29 is 15.0 Å². The highest BCUT2D eigenvalue weighted by molar-refractivity contribution is 5.66. The van der Waals surface area contributed by atoms with Gasteiger partial charge in [-0.2, -0.15) is 0 Å².